The summed E-state index contributed by atoms with van der Waals surface area (Å²) in [5, 5.41) is 10.8. The molecule has 1 unspecified atom stereocenters. The number of amides is 1. The predicted octanol–water partition coefficient (Wildman–Crippen LogP) is 3.97. The summed E-state index contributed by atoms with van der Waals surface area (Å²) in [5.41, 5.74) is 0.392. The number of halogens is 3. The van der Waals surface area contributed by atoms with Gasteiger partial charge in [0.25, 0.3) is 5.89 Å². The molecule has 1 atom stereocenters. The van der Waals surface area contributed by atoms with E-state index in [2.05, 4.69) is 15.5 Å². The summed E-state index contributed by atoms with van der Waals surface area (Å²) < 4.78 is 45.5. The molecular formula is C19H15Cl2FN4O4S. The van der Waals surface area contributed by atoms with Gasteiger partial charge < -0.3 is 4.42 Å². The molecule has 0 saturated carbocycles. The van der Waals surface area contributed by atoms with Gasteiger partial charge in [-0.15, -0.1) is 5.10 Å². The van der Waals surface area contributed by atoms with Crippen LogP contribution in [0.3, 0.4) is 0 Å². The number of nitrogens with zero attached hydrogens (tertiary/aromatic N) is 3. The van der Waals surface area contributed by atoms with Crippen molar-refractivity contribution in [1.82, 2.24) is 14.5 Å². The van der Waals surface area contributed by atoms with E-state index in [-0.39, 0.29) is 23.3 Å². The number of carbonyl (C=O) groups is 1. The van der Waals surface area contributed by atoms with Crippen molar-refractivity contribution < 1.29 is 22.0 Å². The van der Waals surface area contributed by atoms with Crippen molar-refractivity contribution in [1.29, 1.82) is 0 Å². The van der Waals surface area contributed by atoms with Gasteiger partial charge in [-0.25, -0.2) is 12.8 Å². The molecule has 3 aromatic rings. The molecule has 8 nitrogen and oxygen atoms in total. The van der Waals surface area contributed by atoms with Crippen LogP contribution >= 0.6 is 23.2 Å². The zero-order valence-corrected chi connectivity index (χ0v) is 18.1. The number of aromatic nitrogens is 2. The minimum absolute atomic E-state index is 0.0463. The first-order valence-corrected chi connectivity index (χ1v) is 11.3. The molecule has 1 amide bonds. The van der Waals surface area contributed by atoms with E-state index in [4.69, 9.17) is 27.6 Å². The van der Waals surface area contributed by atoms with Crippen LogP contribution in [0.1, 0.15) is 12.8 Å². The average Bonchev–Trinajstić information content (AvgIpc) is 3.40. The quantitative estimate of drug-likeness (QED) is 0.587. The fourth-order valence-electron chi connectivity index (χ4n) is 3.26. The summed E-state index contributed by atoms with van der Waals surface area (Å²) >= 11 is 12.1. The van der Waals surface area contributed by atoms with Gasteiger partial charge in [0, 0.05) is 11.6 Å². The largest absolute Gasteiger partial charge is 0.403 e. The maximum absolute atomic E-state index is 13.2. The molecule has 0 radical (unpaired) electrons. The number of nitrogens with one attached hydrogen (secondary N) is 1. The smallest absolute Gasteiger partial charge is 0.322 e. The maximum atomic E-state index is 13.2. The molecule has 31 heavy (non-hydrogen) atoms. The van der Waals surface area contributed by atoms with Crippen LogP contribution in [-0.2, 0) is 14.8 Å². The highest BCUT2D eigenvalue weighted by atomic mass is 35.5. The molecular weight excluding hydrogens is 470 g/mol. The third-order valence-electron chi connectivity index (χ3n) is 4.74. The van der Waals surface area contributed by atoms with Gasteiger partial charge in [-0.05, 0) is 55.3 Å². The van der Waals surface area contributed by atoms with E-state index in [9.17, 15) is 17.6 Å². The van der Waals surface area contributed by atoms with Gasteiger partial charge in [0.15, 0.2) is 0 Å². The van der Waals surface area contributed by atoms with Gasteiger partial charge in [-0.1, -0.05) is 28.3 Å². The second kappa shape index (κ2) is 8.54. The fraction of sp³-hybridized carbons (Fsp3) is 0.211. The molecule has 2 heterocycles. The van der Waals surface area contributed by atoms with Crippen molar-refractivity contribution in [3.05, 3.63) is 58.3 Å². The molecule has 1 aromatic heterocycles. The predicted molar refractivity (Wildman–Crippen MR) is 112 cm³/mol. The molecule has 2 aromatic carbocycles. The van der Waals surface area contributed by atoms with Gasteiger partial charge in [0.2, 0.25) is 15.9 Å². The molecule has 1 fully saturated rings. The lowest BCUT2D eigenvalue weighted by atomic mass is 10.2. The van der Waals surface area contributed by atoms with E-state index in [1.807, 2.05) is 0 Å². The lowest BCUT2D eigenvalue weighted by molar-refractivity contribution is -0.119. The standard InChI is InChI=1S/C19H15Cl2FN4O4S/c20-11-3-8-15(21)14(10-11)18-24-25-19(30-18)23-17(27)16-2-1-9-26(16)31(28,29)13-6-4-12(22)5-7-13/h3-8,10,16H,1-2,9H2,(H,23,25,27). The van der Waals surface area contributed by atoms with Gasteiger partial charge in [0.1, 0.15) is 11.9 Å². The first-order chi connectivity index (χ1) is 14.8. The van der Waals surface area contributed by atoms with Crippen molar-refractivity contribution in [3.8, 4) is 11.5 Å². The molecule has 1 aliphatic rings. The van der Waals surface area contributed by atoms with Crippen molar-refractivity contribution in [2.24, 2.45) is 0 Å². The van der Waals surface area contributed by atoms with Crippen LogP contribution in [0.25, 0.3) is 11.5 Å². The van der Waals surface area contributed by atoms with Crippen LogP contribution in [0.15, 0.2) is 51.8 Å². The minimum Gasteiger partial charge on any atom is -0.403 e. The molecule has 4 rings (SSSR count). The van der Waals surface area contributed by atoms with Crippen molar-refractivity contribution in [3.63, 3.8) is 0 Å². The number of rotatable bonds is 5. The van der Waals surface area contributed by atoms with E-state index in [1.165, 1.54) is 6.07 Å². The number of hydrogen-bond acceptors (Lipinski definition) is 6. The Morgan fingerprint density at radius 1 is 1.16 bits per heavy atom. The van der Waals surface area contributed by atoms with E-state index in [1.54, 1.807) is 12.1 Å². The molecule has 1 aliphatic heterocycles. The van der Waals surface area contributed by atoms with Gasteiger partial charge in [-0.3, -0.25) is 10.1 Å². The second-order valence-electron chi connectivity index (χ2n) is 6.75. The van der Waals surface area contributed by atoms with E-state index in [0.29, 0.717) is 28.5 Å². The van der Waals surface area contributed by atoms with Crippen LogP contribution < -0.4 is 5.32 Å². The second-order valence-corrected chi connectivity index (χ2v) is 9.49. The zero-order chi connectivity index (χ0) is 22.2. The summed E-state index contributed by atoms with van der Waals surface area (Å²) in [6.07, 6.45) is 0.805. The Labute approximate surface area is 187 Å². The molecule has 12 heteroatoms. The summed E-state index contributed by atoms with van der Waals surface area (Å²) in [6.45, 7) is 0.158. The SMILES string of the molecule is O=C(Nc1nnc(-c2cc(Cl)ccc2Cl)o1)C1CCCN1S(=O)(=O)c1ccc(F)cc1. The Bertz CT molecular complexity index is 1230. The van der Waals surface area contributed by atoms with Crippen LogP contribution in [-0.4, -0.2) is 41.4 Å². The molecule has 0 aliphatic carbocycles. The number of benzene rings is 2. The van der Waals surface area contributed by atoms with Crippen LogP contribution in [0.5, 0.6) is 0 Å². The van der Waals surface area contributed by atoms with Crippen LogP contribution in [0.2, 0.25) is 10.0 Å². The van der Waals surface area contributed by atoms with Gasteiger partial charge >= 0.3 is 6.01 Å². The van der Waals surface area contributed by atoms with Crippen LogP contribution in [0, 0.1) is 5.82 Å². The lowest BCUT2D eigenvalue weighted by Gasteiger charge is -2.22. The summed E-state index contributed by atoms with van der Waals surface area (Å²) in [4.78, 5) is 12.7. The lowest BCUT2D eigenvalue weighted by Crippen LogP contribution is -2.43. The van der Waals surface area contributed by atoms with Gasteiger partial charge in [0.05, 0.1) is 15.5 Å². The Morgan fingerprint density at radius 2 is 1.90 bits per heavy atom. The summed E-state index contributed by atoms with van der Waals surface area (Å²) in [6, 6.07) is 7.96. The summed E-state index contributed by atoms with van der Waals surface area (Å²) in [5.74, 6) is -1.12. The molecule has 1 saturated heterocycles. The molecule has 162 valence electrons. The Kier molecular flexibility index (Phi) is 5.98. The highest BCUT2D eigenvalue weighted by Gasteiger charge is 2.40. The molecule has 0 bridgehead atoms. The Balaban J connectivity index is 1.53. The Morgan fingerprint density at radius 3 is 2.65 bits per heavy atom. The highest BCUT2D eigenvalue weighted by molar-refractivity contribution is 7.89. The number of carbonyl (C=O) groups excluding carboxylic acids is 1. The number of anilines is 1. The minimum atomic E-state index is -3.98. The first-order valence-electron chi connectivity index (χ1n) is 9.13. The Hall–Kier alpha value is -2.53. The fourth-order valence-corrected chi connectivity index (χ4v) is 5.29. The number of sulfonamides is 1. The first kappa shape index (κ1) is 21.7. The van der Waals surface area contributed by atoms with E-state index < -0.39 is 27.8 Å². The topological polar surface area (TPSA) is 105 Å². The molecule has 0 spiro atoms. The average molecular weight is 485 g/mol. The van der Waals surface area contributed by atoms with Crippen molar-refractivity contribution in [2.45, 2.75) is 23.8 Å². The zero-order valence-electron chi connectivity index (χ0n) is 15.8. The third kappa shape index (κ3) is 4.42. The van der Waals surface area contributed by atoms with Gasteiger partial charge in [-0.2, -0.15) is 4.31 Å². The monoisotopic (exact) mass is 484 g/mol. The third-order valence-corrected chi connectivity index (χ3v) is 7.23. The van der Waals surface area contributed by atoms with E-state index in [0.717, 1.165) is 28.6 Å². The van der Waals surface area contributed by atoms with Crippen molar-refractivity contribution in [2.75, 3.05) is 11.9 Å². The highest BCUT2D eigenvalue weighted by Crippen LogP contribution is 2.31. The van der Waals surface area contributed by atoms with Crippen molar-refractivity contribution >= 4 is 45.1 Å². The number of hydrogen-bond donors (Lipinski definition) is 1. The summed E-state index contributed by atoms with van der Waals surface area (Å²) in [7, 11) is -3.98. The van der Waals surface area contributed by atoms with E-state index >= 15 is 0 Å². The molecule has 1 N–H and O–H groups in total. The maximum Gasteiger partial charge on any atom is 0.322 e. The van der Waals surface area contributed by atoms with Crippen LogP contribution in [0.4, 0.5) is 10.4 Å². The normalized spacial score (nSPS) is 17.1.